The van der Waals surface area contributed by atoms with Gasteiger partial charge >= 0.3 is 0 Å². The number of fused-ring (bicyclic) bond motifs is 3. The van der Waals surface area contributed by atoms with Crippen molar-refractivity contribution in [3.63, 3.8) is 0 Å². The second-order valence-corrected chi connectivity index (χ2v) is 8.36. The minimum Gasteiger partial charge on any atom is -0.300 e. The summed E-state index contributed by atoms with van der Waals surface area (Å²) in [4.78, 5) is 22.5. The molecule has 2 aromatic rings. The average Bonchev–Trinajstić information content (AvgIpc) is 3.00. The smallest absolute Gasteiger partial charge is 0.262 e. The van der Waals surface area contributed by atoms with Crippen LogP contribution < -0.4 is 5.56 Å². The Kier molecular flexibility index (Phi) is 4.72. The van der Waals surface area contributed by atoms with Crippen LogP contribution in [0.25, 0.3) is 10.2 Å². The van der Waals surface area contributed by atoms with Crippen LogP contribution in [0.3, 0.4) is 0 Å². The molecule has 1 aliphatic carbocycles. The number of hydrogen-bond acceptors (Lipinski definition) is 4. The van der Waals surface area contributed by atoms with Crippen molar-refractivity contribution in [2.24, 2.45) is 0 Å². The van der Waals surface area contributed by atoms with E-state index in [-0.39, 0.29) is 5.56 Å². The van der Waals surface area contributed by atoms with Crippen LogP contribution >= 0.6 is 11.3 Å². The molecule has 0 unspecified atom stereocenters. The number of nitrogens with zero attached hydrogens (tertiary/aromatic N) is 3. The number of likely N-dealkylation sites (tertiary alicyclic amines) is 1. The molecule has 0 radical (unpaired) electrons. The van der Waals surface area contributed by atoms with E-state index < -0.39 is 0 Å². The van der Waals surface area contributed by atoms with Gasteiger partial charge in [-0.1, -0.05) is 19.8 Å². The van der Waals surface area contributed by atoms with Crippen molar-refractivity contribution in [2.45, 2.75) is 70.9 Å². The number of piperidine rings is 1. The van der Waals surface area contributed by atoms with Gasteiger partial charge in [-0.25, -0.2) is 4.98 Å². The topological polar surface area (TPSA) is 38.1 Å². The molecule has 0 amide bonds. The summed E-state index contributed by atoms with van der Waals surface area (Å²) in [6, 6.07) is 0.674. The minimum atomic E-state index is 0.183. The monoisotopic (exact) mass is 345 g/mol. The highest BCUT2D eigenvalue weighted by Gasteiger charge is 2.29. The molecule has 4 rings (SSSR count). The normalized spacial score (nSPS) is 22.0. The van der Waals surface area contributed by atoms with Crippen molar-refractivity contribution in [1.82, 2.24) is 14.5 Å². The molecule has 1 fully saturated rings. The first-order valence-electron chi connectivity index (χ1n) is 9.51. The number of unbranched alkanes of at least 4 members (excludes halogenated alkanes) is 1. The molecule has 1 atom stereocenters. The summed E-state index contributed by atoms with van der Waals surface area (Å²) < 4.78 is 1.82. The lowest BCUT2D eigenvalue weighted by atomic mass is 9.91. The Morgan fingerprint density at radius 2 is 2.12 bits per heavy atom. The van der Waals surface area contributed by atoms with Gasteiger partial charge in [0, 0.05) is 17.5 Å². The molecule has 0 N–H and O–H groups in total. The van der Waals surface area contributed by atoms with Crippen molar-refractivity contribution in [1.29, 1.82) is 0 Å². The van der Waals surface area contributed by atoms with Gasteiger partial charge in [0.1, 0.15) is 4.83 Å². The Bertz CT molecular complexity index is 773. The molecule has 2 aliphatic rings. The van der Waals surface area contributed by atoms with Crippen LogP contribution in [-0.4, -0.2) is 33.6 Å². The van der Waals surface area contributed by atoms with Crippen LogP contribution in [0.2, 0.25) is 0 Å². The maximum atomic E-state index is 12.9. The molecule has 5 heteroatoms. The SMILES string of the molecule is CCCCn1cnc2sc3c(c2c1=O)CC[C@H](N1CCCCC1)C3. The lowest BCUT2D eigenvalue weighted by Crippen LogP contribution is -2.42. The third-order valence-electron chi connectivity index (χ3n) is 5.67. The van der Waals surface area contributed by atoms with Gasteiger partial charge in [-0.15, -0.1) is 11.3 Å². The van der Waals surface area contributed by atoms with Gasteiger partial charge < -0.3 is 4.90 Å². The summed E-state index contributed by atoms with van der Waals surface area (Å²) in [6.07, 6.45) is 11.3. The average molecular weight is 346 g/mol. The second-order valence-electron chi connectivity index (χ2n) is 7.27. The zero-order valence-corrected chi connectivity index (χ0v) is 15.4. The fourth-order valence-corrected chi connectivity index (χ4v) is 5.52. The standard InChI is InChI=1S/C19H27N3OS/c1-2-3-9-22-13-20-18-17(19(22)23)15-8-7-14(12-16(15)24-18)21-10-5-4-6-11-21/h13-14H,2-12H2,1H3/t14-/m0/s1. The quantitative estimate of drug-likeness (QED) is 0.850. The summed E-state index contributed by atoms with van der Waals surface area (Å²) in [5.41, 5.74) is 1.49. The Hall–Kier alpha value is -1.20. The van der Waals surface area contributed by atoms with Gasteiger partial charge in [-0.3, -0.25) is 9.36 Å². The van der Waals surface area contributed by atoms with Gasteiger partial charge in [0.25, 0.3) is 5.56 Å². The van der Waals surface area contributed by atoms with Crippen LogP contribution in [0.1, 0.15) is 55.9 Å². The summed E-state index contributed by atoms with van der Waals surface area (Å²) in [5, 5.41) is 0.922. The van der Waals surface area contributed by atoms with E-state index in [1.165, 1.54) is 49.2 Å². The first-order chi connectivity index (χ1) is 11.8. The molecule has 3 heterocycles. The molecule has 0 saturated carbocycles. The number of hydrogen-bond donors (Lipinski definition) is 0. The maximum absolute atomic E-state index is 12.9. The third kappa shape index (κ3) is 2.93. The zero-order valence-electron chi connectivity index (χ0n) is 14.6. The zero-order chi connectivity index (χ0) is 16.5. The molecular weight excluding hydrogens is 318 g/mol. The van der Waals surface area contributed by atoms with E-state index in [1.807, 2.05) is 4.57 Å². The van der Waals surface area contributed by atoms with E-state index in [0.717, 1.165) is 42.4 Å². The molecule has 1 aliphatic heterocycles. The lowest BCUT2D eigenvalue weighted by Gasteiger charge is -2.36. The fraction of sp³-hybridized carbons (Fsp3) is 0.684. The summed E-state index contributed by atoms with van der Waals surface area (Å²) in [6.45, 7) is 5.46. The van der Waals surface area contributed by atoms with Crippen LogP contribution in [0.15, 0.2) is 11.1 Å². The largest absolute Gasteiger partial charge is 0.300 e. The van der Waals surface area contributed by atoms with Gasteiger partial charge in [0.15, 0.2) is 0 Å². The van der Waals surface area contributed by atoms with Crippen LogP contribution in [0, 0.1) is 0 Å². The van der Waals surface area contributed by atoms with E-state index in [0.29, 0.717) is 6.04 Å². The van der Waals surface area contributed by atoms with E-state index in [9.17, 15) is 4.79 Å². The molecule has 2 aromatic heterocycles. The van der Waals surface area contributed by atoms with Crippen LogP contribution in [-0.2, 0) is 19.4 Å². The van der Waals surface area contributed by atoms with Crippen molar-refractivity contribution >= 4 is 21.6 Å². The Morgan fingerprint density at radius 1 is 1.29 bits per heavy atom. The Morgan fingerprint density at radius 3 is 2.92 bits per heavy atom. The number of thiophene rings is 1. The highest BCUT2D eigenvalue weighted by atomic mass is 32.1. The molecule has 0 bridgehead atoms. The van der Waals surface area contributed by atoms with Gasteiger partial charge in [-0.05, 0) is 57.2 Å². The van der Waals surface area contributed by atoms with Crippen molar-refractivity contribution in [3.05, 3.63) is 27.1 Å². The van der Waals surface area contributed by atoms with Crippen molar-refractivity contribution < 1.29 is 0 Å². The van der Waals surface area contributed by atoms with Crippen molar-refractivity contribution in [2.75, 3.05) is 13.1 Å². The molecule has 1 saturated heterocycles. The highest BCUT2D eigenvalue weighted by Crippen LogP contribution is 2.35. The van der Waals surface area contributed by atoms with Crippen LogP contribution in [0.4, 0.5) is 0 Å². The third-order valence-corrected chi connectivity index (χ3v) is 6.83. The minimum absolute atomic E-state index is 0.183. The summed E-state index contributed by atoms with van der Waals surface area (Å²) in [5.74, 6) is 0. The number of aromatic nitrogens is 2. The molecule has 0 aromatic carbocycles. The predicted octanol–water partition coefficient (Wildman–Crippen LogP) is 3.60. The number of aryl methyl sites for hydroxylation is 2. The fourth-order valence-electron chi connectivity index (χ4n) is 4.27. The summed E-state index contributed by atoms with van der Waals surface area (Å²) in [7, 11) is 0. The second kappa shape index (κ2) is 6.96. The van der Waals surface area contributed by atoms with Crippen LogP contribution in [0.5, 0.6) is 0 Å². The molecule has 0 spiro atoms. The Labute approximate surface area is 147 Å². The molecular formula is C19H27N3OS. The molecule has 4 nitrogen and oxygen atoms in total. The van der Waals surface area contributed by atoms with Gasteiger partial charge in [-0.2, -0.15) is 0 Å². The molecule has 130 valence electrons. The van der Waals surface area contributed by atoms with Crippen molar-refractivity contribution in [3.8, 4) is 0 Å². The highest BCUT2D eigenvalue weighted by molar-refractivity contribution is 7.18. The van der Waals surface area contributed by atoms with E-state index in [2.05, 4.69) is 16.8 Å². The first-order valence-corrected chi connectivity index (χ1v) is 10.3. The van der Waals surface area contributed by atoms with E-state index in [1.54, 1.807) is 17.7 Å². The van der Waals surface area contributed by atoms with Gasteiger partial charge in [0.2, 0.25) is 0 Å². The maximum Gasteiger partial charge on any atom is 0.262 e. The molecule has 24 heavy (non-hydrogen) atoms. The lowest BCUT2D eigenvalue weighted by molar-refractivity contribution is 0.151. The van der Waals surface area contributed by atoms with E-state index >= 15 is 0 Å². The predicted molar refractivity (Wildman–Crippen MR) is 100 cm³/mol. The van der Waals surface area contributed by atoms with E-state index in [4.69, 9.17) is 0 Å². The number of rotatable bonds is 4. The summed E-state index contributed by atoms with van der Waals surface area (Å²) >= 11 is 1.76. The first kappa shape index (κ1) is 16.3. The Balaban J connectivity index is 1.64. The van der Waals surface area contributed by atoms with Gasteiger partial charge in [0.05, 0.1) is 11.7 Å².